The highest BCUT2D eigenvalue weighted by Crippen LogP contribution is 2.26. The number of carbonyl (C=O) groups is 2. The van der Waals surface area contributed by atoms with Crippen LogP contribution in [0.4, 0.5) is 4.39 Å². The van der Waals surface area contributed by atoms with Crippen molar-refractivity contribution in [3.8, 4) is 0 Å². The van der Waals surface area contributed by atoms with Crippen LogP contribution in [0, 0.1) is 5.82 Å². The van der Waals surface area contributed by atoms with Gasteiger partial charge >= 0.3 is 0 Å². The van der Waals surface area contributed by atoms with E-state index >= 15 is 0 Å². The van der Waals surface area contributed by atoms with Gasteiger partial charge in [0.15, 0.2) is 0 Å². The van der Waals surface area contributed by atoms with Gasteiger partial charge in [-0.3, -0.25) is 9.59 Å². The van der Waals surface area contributed by atoms with Crippen LogP contribution >= 0.6 is 0 Å². The van der Waals surface area contributed by atoms with Crippen molar-refractivity contribution in [2.75, 3.05) is 6.54 Å². The van der Waals surface area contributed by atoms with Crippen molar-refractivity contribution in [2.45, 2.75) is 57.0 Å². The Morgan fingerprint density at radius 3 is 2.52 bits per heavy atom. The minimum absolute atomic E-state index is 0.0351. The molecule has 2 fully saturated rings. The number of nitrogens with zero attached hydrogens (tertiary/aromatic N) is 1. The quantitative estimate of drug-likeness (QED) is 0.871. The van der Waals surface area contributed by atoms with Crippen molar-refractivity contribution in [2.24, 2.45) is 0 Å². The second-order valence-electron chi connectivity index (χ2n) is 6.55. The Hall–Kier alpha value is -1.91. The Morgan fingerprint density at radius 2 is 1.83 bits per heavy atom. The molecular weight excluding hydrogens is 295 g/mol. The molecule has 5 heteroatoms. The minimum Gasteiger partial charge on any atom is -0.347 e. The topological polar surface area (TPSA) is 49.4 Å². The number of amides is 2. The summed E-state index contributed by atoms with van der Waals surface area (Å²) in [6, 6.07) is 6.00. The molecule has 1 aromatic carbocycles. The molecule has 0 radical (unpaired) electrons. The molecule has 0 bridgehead atoms. The fourth-order valence-electron chi connectivity index (χ4n) is 3.66. The van der Waals surface area contributed by atoms with Gasteiger partial charge in [0.2, 0.25) is 5.91 Å². The highest BCUT2D eigenvalue weighted by atomic mass is 19.1. The van der Waals surface area contributed by atoms with Gasteiger partial charge in [-0.15, -0.1) is 0 Å². The Morgan fingerprint density at radius 1 is 1.13 bits per heavy atom. The Bertz CT molecular complexity index is 582. The zero-order chi connectivity index (χ0) is 16.2. The molecule has 124 valence electrons. The first-order valence-corrected chi connectivity index (χ1v) is 8.50. The summed E-state index contributed by atoms with van der Waals surface area (Å²) in [5, 5.41) is 2.81. The van der Waals surface area contributed by atoms with Gasteiger partial charge in [0.1, 0.15) is 5.82 Å². The standard InChI is InChI=1S/C18H23FN2O2/c19-16-10-6-5-9-15(16)18(23)20-13-11-17(22)21(12-13)14-7-3-1-2-4-8-14/h5-6,9-10,13-14H,1-4,7-8,11-12H2,(H,20,23)/t13-/m1/s1. The van der Waals surface area contributed by atoms with E-state index in [4.69, 9.17) is 0 Å². The molecule has 2 amide bonds. The summed E-state index contributed by atoms with van der Waals surface area (Å²) in [5.41, 5.74) is 0.0351. The first kappa shape index (κ1) is 16.0. The van der Waals surface area contributed by atoms with E-state index in [-0.39, 0.29) is 17.5 Å². The van der Waals surface area contributed by atoms with Gasteiger partial charge in [0, 0.05) is 19.0 Å². The number of nitrogens with one attached hydrogen (secondary N) is 1. The fraction of sp³-hybridized carbons (Fsp3) is 0.556. The van der Waals surface area contributed by atoms with Gasteiger partial charge < -0.3 is 10.2 Å². The molecule has 1 aliphatic carbocycles. The number of hydrogen-bond donors (Lipinski definition) is 1. The summed E-state index contributed by atoms with van der Waals surface area (Å²) in [6.07, 6.45) is 7.25. The van der Waals surface area contributed by atoms with Crippen LogP contribution in [-0.2, 0) is 4.79 Å². The zero-order valence-electron chi connectivity index (χ0n) is 13.3. The summed E-state index contributed by atoms with van der Waals surface area (Å²) in [7, 11) is 0. The third-order valence-corrected chi connectivity index (χ3v) is 4.88. The molecule has 1 atom stereocenters. The van der Waals surface area contributed by atoms with E-state index in [1.54, 1.807) is 12.1 Å². The van der Waals surface area contributed by atoms with Crippen molar-refractivity contribution >= 4 is 11.8 Å². The highest BCUT2D eigenvalue weighted by Gasteiger charge is 2.35. The largest absolute Gasteiger partial charge is 0.347 e. The van der Waals surface area contributed by atoms with Crippen LogP contribution in [0.2, 0.25) is 0 Å². The highest BCUT2D eigenvalue weighted by molar-refractivity contribution is 5.95. The first-order valence-electron chi connectivity index (χ1n) is 8.50. The molecule has 2 aliphatic rings. The molecule has 0 spiro atoms. The lowest BCUT2D eigenvalue weighted by Crippen LogP contribution is -2.40. The molecule has 0 unspecified atom stereocenters. The van der Waals surface area contributed by atoms with Crippen molar-refractivity contribution in [3.05, 3.63) is 35.6 Å². The average molecular weight is 318 g/mol. The molecule has 23 heavy (non-hydrogen) atoms. The molecule has 1 aliphatic heterocycles. The molecule has 3 rings (SSSR count). The van der Waals surface area contributed by atoms with Gasteiger partial charge in [-0.1, -0.05) is 37.8 Å². The van der Waals surface area contributed by atoms with E-state index in [1.807, 2.05) is 4.90 Å². The maximum atomic E-state index is 13.7. The monoisotopic (exact) mass is 318 g/mol. The van der Waals surface area contributed by atoms with Crippen molar-refractivity contribution < 1.29 is 14.0 Å². The summed E-state index contributed by atoms with van der Waals surface area (Å²) in [6.45, 7) is 0.545. The van der Waals surface area contributed by atoms with Gasteiger partial charge in [-0.05, 0) is 25.0 Å². The second kappa shape index (κ2) is 7.11. The lowest BCUT2D eigenvalue weighted by atomic mass is 10.1. The number of carbonyl (C=O) groups excluding carboxylic acids is 2. The van der Waals surface area contributed by atoms with E-state index in [1.165, 1.54) is 37.8 Å². The molecule has 0 aromatic heterocycles. The third-order valence-electron chi connectivity index (χ3n) is 4.88. The zero-order valence-corrected chi connectivity index (χ0v) is 13.3. The molecule has 1 saturated heterocycles. The smallest absolute Gasteiger partial charge is 0.254 e. The van der Waals surface area contributed by atoms with Crippen LogP contribution < -0.4 is 5.32 Å². The van der Waals surface area contributed by atoms with Gasteiger partial charge in [-0.25, -0.2) is 4.39 Å². The van der Waals surface area contributed by atoms with E-state index in [2.05, 4.69) is 5.32 Å². The molecule has 1 aromatic rings. The van der Waals surface area contributed by atoms with E-state index in [0.29, 0.717) is 19.0 Å². The Labute approximate surface area is 136 Å². The predicted octanol–water partition coefficient (Wildman–Crippen LogP) is 2.88. The molecule has 4 nitrogen and oxygen atoms in total. The number of halogens is 1. The minimum atomic E-state index is -0.532. The maximum Gasteiger partial charge on any atom is 0.254 e. The normalized spacial score (nSPS) is 22.9. The SMILES string of the molecule is O=C(N[C@@H]1CC(=O)N(C2CCCCCC2)C1)c1ccccc1F. The number of likely N-dealkylation sites (tertiary alicyclic amines) is 1. The number of benzene rings is 1. The van der Waals surface area contributed by atoms with Crippen LogP contribution in [0.3, 0.4) is 0 Å². The van der Waals surface area contributed by atoms with E-state index in [9.17, 15) is 14.0 Å². The van der Waals surface area contributed by atoms with Gasteiger partial charge in [0.25, 0.3) is 5.91 Å². The second-order valence-corrected chi connectivity index (χ2v) is 6.55. The fourth-order valence-corrected chi connectivity index (χ4v) is 3.66. The third kappa shape index (κ3) is 3.71. The summed E-state index contributed by atoms with van der Waals surface area (Å²) in [4.78, 5) is 26.4. The van der Waals surface area contributed by atoms with Crippen LogP contribution in [0.5, 0.6) is 0 Å². The first-order chi connectivity index (χ1) is 11.1. The number of hydrogen-bond acceptors (Lipinski definition) is 2. The molecule has 1 heterocycles. The van der Waals surface area contributed by atoms with Gasteiger partial charge in [-0.2, -0.15) is 0 Å². The van der Waals surface area contributed by atoms with Gasteiger partial charge in [0.05, 0.1) is 11.6 Å². The summed E-state index contributed by atoms with van der Waals surface area (Å²) in [5.74, 6) is -0.866. The summed E-state index contributed by atoms with van der Waals surface area (Å²) >= 11 is 0. The van der Waals surface area contributed by atoms with Crippen molar-refractivity contribution in [1.82, 2.24) is 10.2 Å². The van der Waals surface area contributed by atoms with Crippen molar-refractivity contribution in [1.29, 1.82) is 0 Å². The summed E-state index contributed by atoms with van der Waals surface area (Å²) < 4.78 is 13.7. The van der Waals surface area contributed by atoms with Crippen LogP contribution in [0.25, 0.3) is 0 Å². The van der Waals surface area contributed by atoms with Crippen LogP contribution in [0.15, 0.2) is 24.3 Å². The molecular formula is C18H23FN2O2. The lowest BCUT2D eigenvalue weighted by Gasteiger charge is -2.27. The van der Waals surface area contributed by atoms with Crippen LogP contribution in [0.1, 0.15) is 55.3 Å². The van der Waals surface area contributed by atoms with E-state index in [0.717, 1.165) is 12.8 Å². The molecule has 1 saturated carbocycles. The maximum absolute atomic E-state index is 13.7. The predicted molar refractivity (Wildman–Crippen MR) is 85.5 cm³/mol. The Balaban J connectivity index is 1.61. The average Bonchev–Trinajstić information content (AvgIpc) is 2.75. The van der Waals surface area contributed by atoms with Crippen LogP contribution in [-0.4, -0.2) is 35.3 Å². The molecule has 1 N–H and O–H groups in total. The number of rotatable bonds is 3. The lowest BCUT2D eigenvalue weighted by molar-refractivity contribution is -0.129. The van der Waals surface area contributed by atoms with E-state index < -0.39 is 11.7 Å². The van der Waals surface area contributed by atoms with Crippen molar-refractivity contribution in [3.63, 3.8) is 0 Å². The Kier molecular flexibility index (Phi) is 4.94.